The second-order valence-corrected chi connectivity index (χ2v) is 4.70. The van der Waals surface area contributed by atoms with Crippen LogP contribution in [0.3, 0.4) is 0 Å². The summed E-state index contributed by atoms with van der Waals surface area (Å²) >= 11 is 0. The molecule has 94 valence electrons. The van der Waals surface area contributed by atoms with Crippen molar-refractivity contribution in [2.75, 3.05) is 13.1 Å². The summed E-state index contributed by atoms with van der Waals surface area (Å²) in [6.07, 6.45) is 5.61. The quantitative estimate of drug-likeness (QED) is 0.808. The van der Waals surface area contributed by atoms with Crippen molar-refractivity contribution in [3.63, 3.8) is 0 Å². The van der Waals surface area contributed by atoms with Crippen LogP contribution in [0.4, 0.5) is 0 Å². The highest BCUT2D eigenvalue weighted by molar-refractivity contribution is 5.79. The molecule has 2 rings (SSSR count). The Hall–Kier alpha value is -1.36. The number of aryl methyl sites for hydroxylation is 1. The van der Waals surface area contributed by atoms with Gasteiger partial charge < -0.3 is 10.6 Å². The van der Waals surface area contributed by atoms with Gasteiger partial charge >= 0.3 is 0 Å². The fourth-order valence-electron chi connectivity index (χ4n) is 2.16. The van der Waals surface area contributed by atoms with Crippen molar-refractivity contribution in [3.05, 3.63) is 18.0 Å². The minimum atomic E-state index is 0.0334. The molecule has 1 aromatic rings. The predicted molar refractivity (Wildman–Crippen MR) is 65.4 cm³/mol. The van der Waals surface area contributed by atoms with E-state index in [9.17, 15) is 4.79 Å². The molecule has 0 bridgehead atoms. The number of hydrogen-bond donors (Lipinski definition) is 2. The normalized spacial score (nSPS) is 18.9. The summed E-state index contributed by atoms with van der Waals surface area (Å²) < 4.78 is 1.75. The van der Waals surface area contributed by atoms with Gasteiger partial charge in [-0.15, -0.1) is 0 Å². The molecule has 0 aliphatic carbocycles. The molecule has 0 spiro atoms. The monoisotopic (exact) mass is 236 g/mol. The third kappa shape index (κ3) is 3.06. The minimum Gasteiger partial charge on any atom is -0.349 e. The molecule has 1 aromatic heterocycles. The number of amides is 1. The Morgan fingerprint density at radius 1 is 1.59 bits per heavy atom. The zero-order valence-corrected chi connectivity index (χ0v) is 10.4. The van der Waals surface area contributed by atoms with Gasteiger partial charge in [-0.05, 0) is 32.9 Å². The van der Waals surface area contributed by atoms with Gasteiger partial charge in [0.2, 0.25) is 5.91 Å². The van der Waals surface area contributed by atoms with Gasteiger partial charge in [0.15, 0.2) is 0 Å². The molecule has 1 amide bonds. The number of carbonyl (C=O) groups is 1. The van der Waals surface area contributed by atoms with Crippen LogP contribution in [0.15, 0.2) is 12.4 Å². The molecule has 1 fully saturated rings. The highest BCUT2D eigenvalue weighted by Gasteiger charge is 2.22. The lowest BCUT2D eigenvalue weighted by Gasteiger charge is -2.23. The topological polar surface area (TPSA) is 59.0 Å². The molecular formula is C12H20N4O. The van der Waals surface area contributed by atoms with Crippen molar-refractivity contribution in [1.82, 2.24) is 20.4 Å². The Kier molecular flexibility index (Phi) is 3.78. The molecule has 1 saturated heterocycles. The maximum Gasteiger partial charge on any atom is 0.223 e. The van der Waals surface area contributed by atoms with E-state index in [0.29, 0.717) is 0 Å². The largest absolute Gasteiger partial charge is 0.349 e. The van der Waals surface area contributed by atoms with Crippen LogP contribution in [-0.4, -0.2) is 28.8 Å². The highest BCUT2D eigenvalue weighted by atomic mass is 16.1. The molecule has 2 heterocycles. The van der Waals surface area contributed by atoms with Crippen molar-refractivity contribution in [3.8, 4) is 0 Å². The Bertz CT molecular complexity index is 382. The van der Waals surface area contributed by atoms with Gasteiger partial charge in [-0.1, -0.05) is 0 Å². The first kappa shape index (κ1) is 12.1. The van der Waals surface area contributed by atoms with Crippen LogP contribution < -0.4 is 10.6 Å². The molecule has 0 aromatic carbocycles. The SMILES string of the molecule is CC(NC(=O)C1CCNCC1)c1cnn(C)c1. The first-order valence-electron chi connectivity index (χ1n) is 6.16. The molecule has 1 aliphatic rings. The molecule has 2 N–H and O–H groups in total. The Morgan fingerprint density at radius 2 is 2.29 bits per heavy atom. The van der Waals surface area contributed by atoms with E-state index in [0.717, 1.165) is 31.5 Å². The molecule has 17 heavy (non-hydrogen) atoms. The van der Waals surface area contributed by atoms with Crippen LogP contribution in [-0.2, 0) is 11.8 Å². The maximum atomic E-state index is 12.0. The van der Waals surface area contributed by atoms with Crippen LogP contribution in [0, 0.1) is 5.92 Å². The van der Waals surface area contributed by atoms with E-state index in [4.69, 9.17) is 0 Å². The molecule has 5 nitrogen and oxygen atoms in total. The van der Waals surface area contributed by atoms with E-state index >= 15 is 0 Å². The first-order valence-corrected chi connectivity index (χ1v) is 6.16. The fourth-order valence-corrected chi connectivity index (χ4v) is 2.16. The second-order valence-electron chi connectivity index (χ2n) is 4.70. The molecule has 1 aliphatic heterocycles. The highest BCUT2D eigenvalue weighted by Crippen LogP contribution is 2.15. The number of aromatic nitrogens is 2. The zero-order valence-electron chi connectivity index (χ0n) is 10.4. The summed E-state index contributed by atoms with van der Waals surface area (Å²) in [6.45, 7) is 3.88. The van der Waals surface area contributed by atoms with Crippen LogP contribution in [0.25, 0.3) is 0 Å². The number of rotatable bonds is 3. The van der Waals surface area contributed by atoms with Gasteiger partial charge in [-0.25, -0.2) is 0 Å². The second kappa shape index (κ2) is 5.31. The lowest BCUT2D eigenvalue weighted by Crippen LogP contribution is -2.39. The standard InChI is InChI=1S/C12H20N4O/c1-9(11-7-14-16(2)8-11)15-12(17)10-3-5-13-6-4-10/h7-10,13H,3-6H2,1-2H3,(H,15,17). The van der Waals surface area contributed by atoms with Gasteiger partial charge in [-0.3, -0.25) is 9.48 Å². The Morgan fingerprint density at radius 3 is 2.88 bits per heavy atom. The van der Waals surface area contributed by atoms with Gasteiger partial charge in [0.25, 0.3) is 0 Å². The fraction of sp³-hybridized carbons (Fsp3) is 0.667. The molecule has 1 atom stereocenters. The van der Waals surface area contributed by atoms with Crippen molar-refractivity contribution in [1.29, 1.82) is 0 Å². The number of hydrogen-bond acceptors (Lipinski definition) is 3. The summed E-state index contributed by atoms with van der Waals surface area (Å²) in [5.41, 5.74) is 1.05. The zero-order chi connectivity index (χ0) is 12.3. The van der Waals surface area contributed by atoms with E-state index in [1.54, 1.807) is 10.9 Å². The maximum absolute atomic E-state index is 12.0. The smallest absolute Gasteiger partial charge is 0.223 e. The molecular weight excluding hydrogens is 216 g/mol. The third-order valence-corrected chi connectivity index (χ3v) is 3.29. The van der Waals surface area contributed by atoms with E-state index in [1.165, 1.54) is 0 Å². The number of nitrogens with one attached hydrogen (secondary N) is 2. The number of nitrogens with zero attached hydrogens (tertiary/aromatic N) is 2. The van der Waals surface area contributed by atoms with Crippen LogP contribution in [0.5, 0.6) is 0 Å². The van der Waals surface area contributed by atoms with Crippen molar-refractivity contribution in [2.45, 2.75) is 25.8 Å². The van der Waals surface area contributed by atoms with Crippen LogP contribution >= 0.6 is 0 Å². The Balaban J connectivity index is 1.89. The van der Waals surface area contributed by atoms with Crippen LogP contribution in [0.2, 0.25) is 0 Å². The lowest BCUT2D eigenvalue weighted by atomic mass is 9.97. The van der Waals surface area contributed by atoms with E-state index in [1.807, 2.05) is 20.2 Å². The lowest BCUT2D eigenvalue weighted by molar-refractivity contribution is -0.126. The summed E-state index contributed by atoms with van der Waals surface area (Å²) in [4.78, 5) is 12.0. The van der Waals surface area contributed by atoms with Gasteiger partial charge in [0, 0.05) is 24.7 Å². The van der Waals surface area contributed by atoms with Gasteiger partial charge in [0.1, 0.15) is 0 Å². The number of carbonyl (C=O) groups excluding carboxylic acids is 1. The predicted octanol–water partition coefficient (Wildman–Crippen LogP) is 0.597. The van der Waals surface area contributed by atoms with E-state index in [2.05, 4.69) is 15.7 Å². The summed E-state index contributed by atoms with van der Waals surface area (Å²) in [7, 11) is 1.88. The molecule has 0 saturated carbocycles. The van der Waals surface area contributed by atoms with Crippen molar-refractivity contribution >= 4 is 5.91 Å². The molecule has 1 unspecified atom stereocenters. The van der Waals surface area contributed by atoms with E-state index < -0.39 is 0 Å². The van der Waals surface area contributed by atoms with Gasteiger partial charge in [-0.2, -0.15) is 5.10 Å². The van der Waals surface area contributed by atoms with E-state index in [-0.39, 0.29) is 17.9 Å². The van der Waals surface area contributed by atoms with Crippen molar-refractivity contribution in [2.24, 2.45) is 13.0 Å². The van der Waals surface area contributed by atoms with Crippen LogP contribution in [0.1, 0.15) is 31.4 Å². The molecule has 5 heteroatoms. The summed E-state index contributed by atoms with van der Waals surface area (Å²) in [5, 5.41) is 10.4. The molecule has 0 radical (unpaired) electrons. The Labute approximate surface area is 102 Å². The van der Waals surface area contributed by atoms with Crippen molar-refractivity contribution < 1.29 is 4.79 Å². The summed E-state index contributed by atoms with van der Waals surface area (Å²) in [6, 6.07) is 0.0334. The minimum absolute atomic E-state index is 0.0334. The first-order chi connectivity index (χ1) is 8.16. The summed E-state index contributed by atoms with van der Waals surface area (Å²) in [5.74, 6) is 0.332. The average molecular weight is 236 g/mol. The number of piperidine rings is 1. The average Bonchev–Trinajstić information content (AvgIpc) is 2.77. The van der Waals surface area contributed by atoms with Gasteiger partial charge in [0.05, 0.1) is 12.2 Å². The third-order valence-electron chi connectivity index (χ3n) is 3.29.